The fourth-order valence-corrected chi connectivity index (χ4v) is 3.95. The topological polar surface area (TPSA) is 86.5 Å². The minimum atomic E-state index is -0.704. The van der Waals surface area contributed by atoms with Crippen molar-refractivity contribution in [1.29, 1.82) is 0 Å². The summed E-state index contributed by atoms with van der Waals surface area (Å²) in [6.07, 6.45) is 0. The maximum absolute atomic E-state index is 12.9. The summed E-state index contributed by atoms with van der Waals surface area (Å²) in [5.41, 5.74) is -0.0593. The van der Waals surface area contributed by atoms with Crippen molar-refractivity contribution < 1.29 is 19.2 Å². The maximum Gasteiger partial charge on any atom is 0.281 e. The molecule has 0 radical (unpaired) electrons. The van der Waals surface area contributed by atoms with Crippen LogP contribution in [-0.2, 0) is 0 Å². The van der Waals surface area contributed by atoms with Crippen LogP contribution in [0.5, 0.6) is 5.75 Å². The van der Waals surface area contributed by atoms with Crippen LogP contribution >= 0.6 is 27.5 Å². The second kappa shape index (κ2) is 5.68. The number of nitro groups is 1. The van der Waals surface area contributed by atoms with Gasteiger partial charge in [-0.05, 0) is 40.5 Å². The lowest BCUT2D eigenvalue weighted by Gasteiger charge is -2.21. The van der Waals surface area contributed by atoms with Crippen molar-refractivity contribution >= 4 is 44.8 Å². The van der Waals surface area contributed by atoms with Crippen molar-refractivity contribution in [1.82, 2.24) is 0 Å². The van der Waals surface area contributed by atoms with Crippen molar-refractivity contribution in [2.75, 3.05) is 7.11 Å². The van der Waals surface area contributed by atoms with Gasteiger partial charge in [0.05, 0.1) is 32.7 Å². The highest BCUT2D eigenvalue weighted by Gasteiger charge is 2.39. The Bertz CT molecular complexity index is 954. The number of rotatable bonds is 2. The number of carbonyl (C=O) groups excluding carboxylic acids is 2. The van der Waals surface area contributed by atoms with Crippen LogP contribution in [0.25, 0.3) is 0 Å². The first-order chi connectivity index (χ1) is 11.3. The molecule has 0 aromatic heterocycles. The molecular weight excluding hydrogens is 402 g/mol. The van der Waals surface area contributed by atoms with E-state index in [1.807, 2.05) is 0 Å². The van der Waals surface area contributed by atoms with Gasteiger partial charge in [-0.2, -0.15) is 0 Å². The fourth-order valence-electron chi connectivity index (χ4n) is 2.84. The number of carbonyl (C=O) groups is 2. The molecule has 122 valence electrons. The van der Waals surface area contributed by atoms with Gasteiger partial charge in [0, 0.05) is 11.6 Å². The number of nitro benzene ring substituents is 1. The summed E-state index contributed by atoms with van der Waals surface area (Å²) in [6, 6.07) is 3.90. The van der Waals surface area contributed by atoms with Gasteiger partial charge in [-0.1, -0.05) is 11.6 Å². The van der Waals surface area contributed by atoms with Crippen LogP contribution in [0.15, 0.2) is 22.7 Å². The van der Waals surface area contributed by atoms with E-state index in [0.717, 1.165) is 6.07 Å². The van der Waals surface area contributed by atoms with Crippen LogP contribution in [0, 0.1) is 17.0 Å². The Morgan fingerprint density at radius 2 is 1.83 bits per heavy atom. The lowest BCUT2D eigenvalue weighted by molar-refractivity contribution is -0.385. The van der Waals surface area contributed by atoms with E-state index in [-0.39, 0.29) is 27.3 Å². The predicted octanol–water partition coefficient (Wildman–Crippen LogP) is 4.10. The molecule has 0 fully saturated rings. The molecule has 0 saturated heterocycles. The van der Waals surface area contributed by atoms with Crippen molar-refractivity contribution in [3.05, 3.63) is 65.6 Å². The molecular formula is C16H9BrClNO5. The van der Waals surface area contributed by atoms with Crippen LogP contribution in [0.4, 0.5) is 5.69 Å². The third-order valence-corrected chi connectivity index (χ3v) is 4.94. The van der Waals surface area contributed by atoms with Crippen LogP contribution in [0.2, 0.25) is 5.02 Å². The second-order valence-corrected chi connectivity index (χ2v) is 6.40. The average Bonchev–Trinajstić information content (AvgIpc) is 2.51. The first kappa shape index (κ1) is 16.6. The van der Waals surface area contributed by atoms with Gasteiger partial charge in [0.1, 0.15) is 11.3 Å². The molecule has 0 N–H and O–H groups in total. The molecule has 0 saturated carbocycles. The van der Waals surface area contributed by atoms with Gasteiger partial charge in [0.15, 0.2) is 5.78 Å². The number of nitrogens with zero attached hydrogens (tertiary/aromatic N) is 1. The Kier molecular flexibility index (Phi) is 3.93. The molecule has 24 heavy (non-hydrogen) atoms. The third-order valence-electron chi connectivity index (χ3n) is 3.87. The number of methoxy groups -OCH3 is 1. The van der Waals surface area contributed by atoms with Gasteiger partial charge < -0.3 is 4.74 Å². The van der Waals surface area contributed by atoms with E-state index < -0.39 is 22.2 Å². The van der Waals surface area contributed by atoms with E-state index in [2.05, 4.69) is 15.9 Å². The molecule has 0 spiro atoms. The second-order valence-electron chi connectivity index (χ2n) is 5.20. The molecule has 0 unspecified atom stereocenters. The third kappa shape index (κ3) is 2.16. The quantitative estimate of drug-likeness (QED) is 0.469. The zero-order valence-corrected chi connectivity index (χ0v) is 14.8. The largest absolute Gasteiger partial charge is 0.495 e. The molecule has 0 heterocycles. The highest BCUT2D eigenvalue weighted by Crippen LogP contribution is 2.43. The molecule has 0 aliphatic heterocycles. The van der Waals surface area contributed by atoms with E-state index in [9.17, 15) is 19.7 Å². The van der Waals surface area contributed by atoms with E-state index in [1.54, 1.807) is 6.92 Å². The van der Waals surface area contributed by atoms with Crippen LogP contribution in [0.3, 0.4) is 0 Å². The normalized spacial score (nSPS) is 12.7. The molecule has 2 aromatic carbocycles. The van der Waals surface area contributed by atoms with Crippen LogP contribution in [0.1, 0.15) is 37.4 Å². The average molecular weight is 411 g/mol. The SMILES string of the molecule is COc1c(C)cc2c(c1Br)C(=O)c1c([N+](=O)[O-])ccc(Cl)c1C2=O. The summed E-state index contributed by atoms with van der Waals surface area (Å²) in [5, 5.41) is 11.3. The first-order valence-corrected chi connectivity index (χ1v) is 7.90. The smallest absolute Gasteiger partial charge is 0.281 e. The van der Waals surface area contributed by atoms with E-state index in [4.69, 9.17) is 16.3 Å². The monoisotopic (exact) mass is 409 g/mol. The van der Waals surface area contributed by atoms with Crippen molar-refractivity contribution in [2.24, 2.45) is 0 Å². The summed E-state index contributed by atoms with van der Waals surface area (Å²) < 4.78 is 5.53. The minimum Gasteiger partial charge on any atom is -0.495 e. The lowest BCUT2D eigenvalue weighted by atomic mass is 9.82. The molecule has 6 nitrogen and oxygen atoms in total. The molecule has 8 heteroatoms. The molecule has 3 rings (SSSR count). The van der Waals surface area contributed by atoms with E-state index in [0.29, 0.717) is 15.8 Å². The van der Waals surface area contributed by atoms with Gasteiger partial charge in [-0.15, -0.1) is 0 Å². The standard InChI is InChI=1S/C16H9BrClNO5/c1-6-5-7-10(13(17)16(6)24-2)15(21)12-9(19(22)23)4-3-8(18)11(12)14(7)20/h3-5H,1-2H3. The summed E-state index contributed by atoms with van der Waals surface area (Å²) in [4.78, 5) is 36.3. The number of hydrogen-bond acceptors (Lipinski definition) is 5. The molecule has 2 aromatic rings. The van der Waals surface area contributed by atoms with Gasteiger partial charge in [0.2, 0.25) is 5.78 Å². The van der Waals surface area contributed by atoms with Crippen molar-refractivity contribution in [3.8, 4) is 5.75 Å². The highest BCUT2D eigenvalue weighted by molar-refractivity contribution is 9.10. The number of ketones is 2. The maximum atomic E-state index is 12.9. The Morgan fingerprint density at radius 3 is 2.42 bits per heavy atom. The molecule has 0 amide bonds. The minimum absolute atomic E-state index is 0.00388. The Balaban J connectivity index is 2.44. The predicted molar refractivity (Wildman–Crippen MR) is 90.4 cm³/mol. The number of hydrogen-bond donors (Lipinski definition) is 0. The summed E-state index contributed by atoms with van der Waals surface area (Å²) in [5.74, 6) is -0.776. The zero-order chi connectivity index (χ0) is 17.8. The summed E-state index contributed by atoms with van der Waals surface area (Å²) in [6.45, 7) is 1.73. The van der Waals surface area contributed by atoms with Crippen molar-refractivity contribution in [2.45, 2.75) is 6.92 Å². The van der Waals surface area contributed by atoms with Crippen LogP contribution < -0.4 is 4.74 Å². The van der Waals surface area contributed by atoms with Crippen LogP contribution in [-0.4, -0.2) is 23.6 Å². The Morgan fingerprint density at radius 1 is 1.17 bits per heavy atom. The number of benzene rings is 2. The molecule has 0 bridgehead atoms. The lowest BCUT2D eigenvalue weighted by Crippen LogP contribution is -2.24. The first-order valence-electron chi connectivity index (χ1n) is 6.73. The summed E-state index contributed by atoms with van der Waals surface area (Å²) in [7, 11) is 1.43. The molecule has 1 aliphatic rings. The van der Waals surface area contributed by atoms with E-state index >= 15 is 0 Å². The number of aryl methyl sites for hydroxylation is 1. The number of ether oxygens (including phenoxy) is 1. The zero-order valence-electron chi connectivity index (χ0n) is 12.5. The van der Waals surface area contributed by atoms with Gasteiger partial charge in [-0.25, -0.2) is 0 Å². The van der Waals surface area contributed by atoms with Gasteiger partial charge >= 0.3 is 0 Å². The van der Waals surface area contributed by atoms with Gasteiger partial charge in [-0.3, -0.25) is 19.7 Å². The molecule has 0 atom stereocenters. The molecule has 1 aliphatic carbocycles. The van der Waals surface area contributed by atoms with Gasteiger partial charge in [0.25, 0.3) is 5.69 Å². The highest BCUT2D eigenvalue weighted by atomic mass is 79.9. The number of halogens is 2. The number of fused-ring (bicyclic) bond motifs is 2. The fraction of sp³-hybridized carbons (Fsp3) is 0.125. The Labute approximate surface area is 149 Å². The summed E-state index contributed by atoms with van der Waals surface area (Å²) >= 11 is 9.33. The van der Waals surface area contributed by atoms with Crippen molar-refractivity contribution in [3.63, 3.8) is 0 Å². The van der Waals surface area contributed by atoms with E-state index in [1.165, 1.54) is 19.2 Å². The Hall–Kier alpha value is -2.25.